The van der Waals surface area contributed by atoms with Crippen molar-refractivity contribution >= 4 is 0 Å². The number of halogens is 2. The van der Waals surface area contributed by atoms with Crippen molar-refractivity contribution in [3.8, 4) is 5.75 Å². The third-order valence-electron chi connectivity index (χ3n) is 8.12. The number of hydrogen-bond donors (Lipinski definition) is 0. The molecule has 1 aromatic carbocycles. The molecule has 1 saturated carbocycles. The highest BCUT2D eigenvalue weighted by Crippen LogP contribution is 2.43. The van der Waals surface area contributed by atoms with Gasteiger partial charge in [-0.15, -0.1) is 0 Å². The molecule has 0 spiro atoms. The molecule has 4 unspecified atom stereocenters. The van der Waals surface area contributed by atoms with E-state index in [0.29, 0.717) is 24.0 Å². The van der Waals surface area contributed by atoms with Crippen molar-refractivity contribution < 1.29 is 23.0 Å². The first-order valence-electron chi connectivity index (χ1n) is 12.9. The van der Waals surface area contributed by atoms with E-state index < -0.39 is 11.6 Å². The van der Waals surface area contributed by atoms with Crippen LogP contribution in [0.4, 0.5) is 8.78 Å². The normalized spacial score (nSPS) is 33.8. The van der Waals surface area contributed by atoms with E-state index in [9.17, 15) is 8.78 Å². The molecule has 0 amide bonds. The summed E-state index contributed by atoms with van der Waals surface area (Å²) >= 11 is 0. The summed E-state index contributed by atoms with van der Waals surface area (Å²) in [7, 11) is 0. The van der Waals surface area contributed by atoms with E-state index in [2.05, 4.69) is 6.92 Å². The minimum absolute atomic E-state index is 0.0131. The monoisotopic (exact) mass is 450 g/mol. The van der Waals surface area contributed by atoms with Crippen LogP contribution in [0.25, 0.3) is 0 Å². The lowest BCUT2D eigenvalue weighted by molar-refractivity contribution is -0.137. The Morgan fingerprint density at radius 3 is 2.09 bits per heavy atom. The van der Waals surface area contributed by atoms with Crippen molar-refractivity contribution in [2.24, 2.45) is 17.8 Å². The molecule has 3 aliphatic rings. The van der Waals surface area contributed by atoms with Gasteiger partial charge in [0.15, 0.2) is 11.6 Å². The molecule has 2 saturated heterocycles. The summed E-state index contributed by atoms with van der Waals surface area (Å²) in [5.41, 5.74) is 0.514. The minimum Gasteiger partial charge on any atom is -0.491 e. The van der Waals surface area contributed by atoms with Crippen molar-refractivity contribution in [1.29, 1.82) is 0 Å². The van der Waals surface area contributed by atoms with Gasteiger partial charge in [-0.3, -0.25) is 0 Å². The average molecular weight is 451 g/mol. The number of rotatable bonds is 7. The molecule has 0 bridgehead atoms. The summed E-state index contributed by atoms with van der Waals surface area (Å²) in [6.45, 7) is 6.07. The van der Waals surface area contributed by atoms with Gasteiger partial charge in [-0.1, -0.05) is 19.4 Å². The Morgan fingerprint density at radius 1 is 0.812 bits per heavy atom. The summed E-state index contributed by atoms with van der Waals surface area (Å²) in [6.07, 6.45) is 11.7. The van der Waals surface area contributed by atoms with E-state index in [4.69, 9.17) is 14.2 Å². The molecule has 180 valence electrons. The number of hydrogen-bond acceptors (Lipinski definition) is 3. The van der Waals surface area contributed by atoms with E-state index >= 15 is 0 Å². The van der Waals surface area contributed by atoms with Gasteiger partial charge in [0, 0.05) is 6.61 Å². The Kier molecular flexibility index (Phi) is 8.44. The Bertz CT molecular complexity index is 716. The zero-order chi connectivity index (χ0) is 22.5. The highest BCUT2D eigenvalue weighted by atomic mass is 19.2. The molecular formula is C27H40F2O3. The van der Waals surface area contributed by atoms with Gasteiger partial charge >= 0.3 is 0 Å². The van der Waals surface area contributed by atoms with Crippen molar-refractivity contribution in [2.45, 2.75) is 96.2 Å². The second kappa shape index (κ2) is 11.3. The van der Waals surface area contributed by atoms with Crippen LogP contribution in [-0.2, 0) is 9.47 Å². The Morgan fingerprint density at radius 2 is 1.50 bits per heavy atom. The average Bonchev–Trinajstić information content (AvgIpc) is 2.83. The molecule has 4 atom stereocenters. The van der Waals surface area contributed by atoms with Gasteiger partial charge in [0.2, 0.25) is 5.82 Å². The lowest BCUT2D eigenvalue weighted by Crippen LogP contribution is -2.42. The molecular weight excluding hydrogens is 410 g/mol. The van der Waals surface area contributed by atoms with Crippen molar-refractivity contribution in [3.63, 3.8) is 0 Å². The fraction of sp³-hybridized carbons (Fsp3) is 0.778. The van der Waals surface area contributed by atoms with E-state index in [1.54, 1.807) is 19.1 Å². The predicted octanol–water partition coefficient (Wildman–Crippen LogP) is 7.03. The number of ether oxygens (including phenoxy) is 3. The van der Waals surface area contributed by atoms with Crippen LogP contribution in [0.15, 0.2) is 12.1 Å². The van der Waals surface area contributed by atoms with E-state index in [1.807, 2.05) is 0 Å². The molecule has 4 rings (SSSR count). The second-order valence-electron chi connectivity index (χ2n) is 10.1. The van der Waals surface area contributed by atoms with Crippen LogP contribution < -0.4 is 4.74 Å². The molecule has 3 nitrogen and oxygen atoms in total. The van der Waals surface area contributed by atoms with Crippen molar-refractivity contribution in [1.82, 2.24) is 0 Å². The summed E-state index contributed by atoms with van der Waals surface area (Å²) in [4.78, 5) is 0. The molecule has 3 fully saturated rings. The maximum absolute atomic E-state index is 14.6. The Balaban J connectivity index is 1.23. The highest BCUT2D eigenvalue weighted by Gasteiger charge is 2.36. The van der Waals surface area contributed by atoms with E-state index in [1.165, 1.54) is 25.7 Å². The standard InChI is InChI=1S/C27H40F2O3/c1-3-5-18-6-13-23(31-16-18)24-14-11-21(17-32-24)19-7-9-20(10-8-19)22-12-15-25(30-4-2)27(29)26(22)28/h12,15,18-21,23-24H,3-11,13-14,16-17H2,1-2H3. The van der Waals surface area contributed by atoms with Crippen molar-refractivity contribution in [3.05, 3.63) is 29.3 Å². The summed E-state index contributed by atoms with van der Waals surface area (Å²) in [6, 6.07) is 3.30. The fourth-order valence-corrected chi connectivity index (χ4v) is 6.24. The van der Waals surface area contributed by atoms with Gasteiger partial charge < -0.3 is 14.2 Å². The Labute approximate surface area is 192 Å². The summed E-state index contributed by atoms with van der Waals surface area (Å²) in [5.74, 6) is 0.492. The molecule has 0 radical (unpaired) electrons. The zero-order valence-electron chi connectivity index (χ0n) is 19.8. The lowest BCUT2D eigenvalue weighted by atomic mass is 9.72. The zero-order valence-corrected chi connectivity index (χ0v) is 19.8. The second-order valence-corrected chi connectivity index (χ2v) is 10.1. The van der Waals surface area contributed by atoms with Crippen LogP contribution in [0.1, 0.15) is 89.5 Å². The van der Waals surface area contributed by atoms with Gasteiger partial charge in [-0.2, -0.15) is 4.39 Å². The molecule has 0 N–H and O–H groups in total. The van der Waals surface area contributed by atoms with E-state index in [0.717, 1.165) is 57.7 Å². The van der Waals surface area contributed by atoms with Crippen LogP contribution in [0, 0.1) is 29.4 Å². The smallest absolute Gasteiger partial charge is 0.200 e. The maximum Gasteiger partial charge on any atom is 0.200 e. The van der Waals surface area contributed by atoms with Gasteiger partial charge in [-0.05, 0) is 100 Å². The molecule has 1 aliphatic carbocycles. The third-order valence-corrected chi connectivity index (χ3v) is 8.12. The first-order valence-corrected chi connectivity index (χ1v) is 12.9. The van der Waals surface area contributed by atoms with Crippen LogP contribution >= 0.6 is 0 Å². The molecule has 2 aliphatic heterocycles. The van der Waals surface area contributed by atoms with Crippen LogP contribution in [0.3, 0.4) is 0 Å². The lowest BCUT2D eigenvalue weighted by Gasteiger charge is -2.41. The first-order chi connectivity index (χ1) is 15.6. The maximum atomic E-state index is 14.6. The van der Waals surface area contributed by atoms with Crippen LogP contribution in [-0.4, -0.2) is 32.0 Å². The molecule has 5 heteroatoms. The first kappa shape index (κ1) is 23.9. The van der Waals surface area contributed by atoms with Crippen LogP contribution in [0.2, 0.25) is 0 Å². The summed E-state index contributed by atoms with van der Waals surface area (Å²) in [5, 5.41) is 0. The highest BCUT2D eigenvalue weighted by molar-refractivity contribution is 5.33. The van der Waals surface area contributed by atoms with Crippen LogP contribution in [0.5, 0.6) is 5.75 Å². The quantitative estimate of drug-likeness (QED) is 0.446. The molecule has 0 aromatic heterocycles. The molecule has 2 heterocycles. The fourth-order valence-electron chi connectivity index (χ4n) is 6.24. The molecule has 1 aromatic rings. The predicted molar refractivity (Wildman–Crippen MR) is 122 cm³/mol. The van der Waals surface area contributed by atoms with Gasteiger partial charge in [0.05, 0.1) is 25.4 Å². The van der Waals surface area contributed by atoms with E-state index in [-0.39, 0.29) is 23.9 Å². The van der Waals surface area contributed by atoms with Gasteiger partial charge in [0.25, 0.3) is 0 Å². The molecule has 32 heavy (non-hydrogen) atoms. The largest absolute Gasteiger partial charge is 0.491 e. The van der Waals surface area contributed by atoms with Gasteiger partial charge in [0.1, 0.15) is 0 Å². The number of benzene rings is 1. The Hall–Kier alpha value is -1.20. The topological polar surface area (TPSA) is 27.7 Å². The SMILES string of the molecule is CCCC1CCC(C2CCC(C3CCC(c4ccc(OCC)c(F)c4F)CC3)CO2)OC1. The minimum atomic E-state index is -0.843. The summed E-state index contributed by atoms with van der Waals surface area (Å²) < 4.78 is 46.6. The third kappa shape index (κ3) is 5.47. The van der Waals surface area contributed by atoms with Gasteiger partial charge in [-0.25, -0.2) is 4.39 Å². The van der Waals surface area contributed by atoms with Crippen molar-refractivity contribution in [2.75, 3.05) is 19.8 Å².